The van der Waals surface area contributed by atoms with Crippen molar-refractivity contribution in [1.29, 1.82) is 0 Å². The summed E-state index contributed by atoms with van der Waals surface area (Å²) in [4.78, 5) is 15.3. The summed E-state index contributed by atoms with van der Waals surface area (Å²) in [6.07, 6.45) is 3.93. The van der Waals surface area contributed by atoms with E-state index in [4.69, 9.17) is 0 Å². The molecule has 2 aliphatic heterocycles. The zero-order chi connectivity index (χ0) is 17.2. The van der Waals surface area contributed by atoms with Gasteiger partial charge in [0.2, 0.25) is 5.91 Å². The van der Waals surface area contributed by atoms with Crippen LogP contribution in [0.3, 0.4) is 0 Å². The molecule has 1 N–H and O–H groups in total. The van der Waals surface area contributed by atoms with Crippen LogP contribution in [0.2, 0.25) is 0 Å². The van der Waals surface area contributed by atoms with Crippen LogP contribution < -0.4 is 4.90 Å². The Morgan fingerprint density at radius 2 is 1.88 bits per heavy atom. The fourth-order valence-electron chi connectivity index (χ4n) is 3.39. The van der Waals surface area contributed by atoms with Gasteiger partial charge < -0.3 is 9.80 Å². The van der Waals surface area contributed by atoms with E-state index in [2.05, 4.69) is 0 Å². The van der Waals surface area contributed by atoms with Crippen molar-refractivity contribution in [2.45, 2.75) is 12.5 Å². The number of carbonyl (C=O) groups excluding carboxylic acids is 1. The molecule has 5 nitrogen and oxygen atoms in total. The molecule has 0 radical (unpaired) electrons. The van der Waals surface area contributed by atoms with Crippen LogP contribution in [0.15, 0.2) is 30.3 Å². The normalized spacial score (nSPS) is 24.5. The summed E-state index contributed by atoms with van der Waals surface area (Å²) in [5.74, 6) is 0.217. The van der Waals surface area contributed by atoms with Crippen LogP contribution in [0.25, 0.3) is 6.08 Å². The SMILES string of the molecule is O=C(/C=C/c1ccc(F)cc1)N1CC[NH+]([C@@H]2CCS(=O)(=O)C2)CC1. The first-order chi connectivity index (χ1) is 11.4. The molecule has 0 saturated carbocycles. The highest BCUT2D eigenvalue weighted by Gasteiger charge is 2.37. The minimum absolute atomic E-state index is 0.0579. The van der Waals surface area contributed by atoms with Crippen LogP contribution in [0.4, 0.5) is 4.39 Å². The molecule has 1 amide bonds. The number of halogens is 1. The van der Waals surface area contributed by atoms with Gasteiger partial charge in [0.1, 0.15) is 17.6 Å². The Morgan fingerprint density at radius 3 is 2.46 bits per heavy atom. The van der Waals surface area contributed by atoms with E-state index >= 15 is 0 Å². The van der Waals surface area contributed by atoms with Crippen molar-refractivity contribution in [3.8, 4) is 0 Å². The first kappa shape index (κ1) is 17.1. The second kappa shape index (κ2) is 7.03. The second-order valence-corrected chi connectivity index (χ2v) is 8.70. The molecule has 0 bridgehead atoms. The number of rotatable bonds is 3. The van der Waals surface area contributed by atoms with Gasteiger partial charge in [0.15, 0.2) is 9.84 Å². The zero-order valence-electron chi connectivity index (χ0n) is 13.4. The number of nitrogens with zero attached hydrogens (tertiary/aromatic N) is 1. The molecule has 24 heavy (non-hydrogen) atoms. The van der Waals surface area contributed by atoms with Gasteiger partial charge in [-0.15, -0.1) is 0 Å². The summed E-state index contributed by atoms with van der Waals surface area (Å²) < 4.78 is 36.0. The number of piperazine rings is 1. The maximum Gasteiger partial charge on any atom is 0.246 e. The minimum Gasteiger partial charge on any atom is -0.329 e. The van der Waals surface area contributed by atoms with E-state index in [0.717, 1.165) is 25.1 Å². The summed E-state index contributed by atoms with van der Waals surface area (Å²) in [6.45, 7) is 2.85. The zero-order valence-corrected chi connectivity index (χ0v) is 14.3. The molecular formula is C17H22FN2O3S+. The summed E-state index contributed by atoms with van der Waals surface area (Å²) in [5, 5.41) is 0. The maximum absolute atomic E-state index is 12.8. The predicted octanol–water partition coefficient (Wildman–Crippen LogP) is -0.247. The standard InChI is InChI=1S/C17H21FN2O3S/c18-15-4-1-14(2-5-15)3-6-17(21)20-10-8-19(9-11-20)16-7-12-24(22,23)13-16/h1-6,16H,7-13H2/p+1/b6-3+/t16-/m1/s1. The van der Waals surface area contributed by atoms with Gasteiger partial charge in [0.25, 0.3) is 0 Å². The number of benzene rings is 1. The van der Waals surface area contributed by atoms with Crippen LogP contribution in [-0.2, 0) is 14.6 Å². The third kappa shape index (κ3) is 4.21. The number of amides is 1. The topological polar surface area (TPSA) is 58.9 Å². The number of carbonyl (C=O) groups is 1. The van der Waals surface area contributed by atoms with Gasteiger partial charge in [-0.3, -0.25) is 4.79 Å². The Morgan fingerprint density at radius 1 is 1.21 bits per heavy atom. The van der Waals surface area contributed by atoms with E-state index in [1.165, 1.54) is 23.1 Å². The van der Waals surface area contributed by atoms with Gasteiger partial charge in [0.05, 0.1) is 31.9 Å². The Kier molecular flexibility index (Phi) is 5.01. The highest BCUT2D eigenvalue weighted by atomic mass is 32.2. The fourth-order valence-corrected chi connectivity index (χ4v) is 5.21. The fraction of sp³-hybridized carbons (Fsp3) is 0.471. The van der Waals surface area contributed by atoms with Gasteiger partial charge in [0, 0.05) is 12.5 Å². The minimum atomic E-state index is -2.86. The second-order valence-electron chi connectivity index (χ2n) is 6.47. The number of sulfone groups is 1. The predicted molar refractivity (Wildman–Crippen MR) is 89.8 cm³/mol. The van der Waals surface area contributed by atoms with Crippen molar-refractivity contribution < 1.29 is 22.5 Å². The molecule has 0 aliphatic carbocycles. The first-order valence-corrected chi connectivity index (χ1v) is 10.0. The third-order valence-electron chi connectivity index (χ3n) is 4.82. The van der Waals surface area contributed by atoms with Gasteiger partial charge in [-0.1, -0.05) is 12.1 Å². The lowest BCUT2D eigenvalue weighted by atomic mass is 10.2. The molecule has 2 saturated heterocycles. The lowest BCUT2D eigenvalue weighted by molar-refractivity contribution is -0.925. The van der Waals surface area contributed by atoms with Crippen LogP contribution in [0, 0.1) is 5.82 Å². The molecule has 130 valence electrons. The Labute approximate surface area is 141 Å². The van der Waals surface area contributed by atoms with Gasteiger partial charge >= 0.3 is 0 Å². The first-order valence-electron chi connectivity index (χ1n) is 8.20. The molecule has 1 aromatic carbocycles. The van der Waals surface area contributed by atoms with E-state index in [1.54, 1.807) is 23.1 Å². The van der Waals surface area contributed by atoms with Crippen molar-refractivity contribution in [3.63, 3.8) is 0 Å². The van der Waals surface area contributed by atoms with Crippen LogP contribution in [0.1, 0.15) is 12.0 Å². The smallest absolute Gasteiger partial charge is 0.246 e. The van der Waals surface area contributed by atoms with Crippen LogP contribution >= 0.6 is 0 Å². The lowest BCUT2D eigenvalue weighted by Gasteiger charge is -2.34. The number of hydrogen-bond donors (Lipinski definition) is 1. The number of nitrogens with one attached hydrogen (secondary N) is 1. The average molecular weight is 353 g/mol. The lowest BCUT2D eigenvalue weighted by Crippen LogP contribution is -3.18. The Bertz CT molecular complexity index is 723. The van der Waals surface area contributed by atoms with E-state index in [1.807, 2.05) is 0 Å². The summed E-state index contributed by atoms with van der Waals surface area (Å²) in [7, 11) is -2.86. The van der Waals surface area contributed by atoms with Crippen molar-refractivity contribution in [1.82, 2.24) is 4.90 Å². The third-order valence-corrected chi connectivity index (χ3v) is 6.58. The highest BCUT2D eigenvalue weighted by Crippen LogP contribution is 2.10. The molecule has 0 unspecified atom stereocenters. The summed E-state index contributed by atoms with van der Waals surface area (Å²) in [6, 6.07) is 6.16. The van der Waals surface area contributed by atoms with E-state index in [-0.39, 0.29) is 23.5 Å². The molecule has 1 atom stereocenters. The van der Waals surface area contributed by atoms with Crippen molar-refractivity contribution in [3.05, 3.63) is 41.7 Å². The quantitative estimate of drug-likeness (QED) is 0.763. The molecule has 7 heteroatoms. The van der Waals surface area contributed by atoms with Gasteiger partial charge in [-0.05, 0) is 23.8 Å². The monoisotopic (exact) mass is 353 g/mol. The number of hydrogen-bond acceptors (Lipinski definition) is 3. The molecule has 3 rings (SSSR count). The molecule has 2 heterocycles. The molecule has 1 aromatic rings. The largest absolute Gasteiger partial charge is 0.329 e. The van der Waals surface area contributed by atoms with E-state index in [0.29, 0.717) is 18.8 Å². The van der Waals surface area contributed by atoms with Crippen LogP contribution in [0.5, 0.6) is 0 Å². The number of quaternary nitrogens is 1. The van der Waals surface area contributed by atoms with Crippen molar-refractivity contribution in [2.24, 2.45) is 0 Å². The van der Waals surface area contributed by atoms with Crippen LogP contribution in [-0.4, -0.2) is 63.0 Å². The van der Waals surface area contributed by atoms with Crippen molar-refractivity contribution >= 4 is 21.8 Å². The molecule has 2 aliphatic rings. The highest BCUT2D eigenvalue weighted by molar-refractivity contribution is 7.91. The maximum atomic E-state index is 12.8. The average Bonchev–Trinajstić information content (AvgIpc) is 2.94. The molecule has 0 aromatic heterocycles. The van der Waals surface area contributed by atoms with Gasteiger partial charge in [-0.2, -0.15) is 0 Å². The molecular weight excluding hydrogens is 331 g/mol. The van der Waals surface area contributed by atoms with Crippen molar-refractivity contribution in [2.75, 3.05) is 37.7 Å². The van der Waals surface area contributed by atoms with E-state index in [9.17, 15) is 17.6 Å². The molecule has 0 spiro atoms. The van der Waals surface area contributed by atoms with E-state index < -0.39 is 9.84 Å². The Hall–Kier alpha value is -1.73. The summed E-state index contributed by atoms with van der Waals surface area (Å²) in [5.41, 5.74) is 0.783. The Balaban J connectivity index is 1.51. The van der Waals surface area contributed by atoms with Gasteiger partial charge in [-0.25, -0.2) is 12.8 Å². The summed E-state index contributed by atoms with van der Waals surface area (Å²) >= 11 is 0. The molecule has 2 fully saturated rings.